The maximum atomic E-state index is 12.3. The fraction of sp³-hybridized carbons (Fsp3) is 0.176. The molecule has 0 aliphatic heterocycles. The van der Waals surface area contributed by atoms with Gasteiger partial charge in [-0.15, -0.1) is 29.6 Å². The highest BCUT2D eigenvalue weighted by molar-refractivity contribution is 7.98. The molecule has 0 fully saturated rings. The summed E-state index contributed by atoms with van der Waals surface area (Å²) in [5, 5.41) is 13.9. The van der Waals surface area contributed by atoms with E-state index in [1.54, 1.807) is 0 Å². The average Bonchev–Trinajstić information content (AvgIpc) is 3.40. The standard InChI is InChI=1S/C17H12F3N5O2S2/c1-10-13(21-15(26-10)14-3-2-8-28-14)9-29-16-22-23-24-25(16)11-4-6-12(7-5-11)27-17(18,19)20/h2-8H,9H2,1H3. The van der Waals surface area contributed by atoms with Crippen LogP contribution in [0.3, 0.4) is 0 Å². The van der Waals surface area contributed by atoms with Crippen molar-refractivity contribution in [3.05, 3.63) is 53.2 Å². The molecule has 0 atom stereocenters. The number of tetrazole rings is 1. The molecule has 1 aromatic carbocycles. The molecule has 29 heavy (non-hydrogen) atoms. The minimum atomic E-state index is -4.74. The molecule has 0 spiro atoms. The highest BCUT2D eigenvalue weighted by Crippen LogP contribution is 2.30. The molecular formula is C17H12F3N5O2S2. The van der Waals surface area contributed by atoms with Crippen LogP contribution in [0.15, 0.2) is 51.4 Å². The lowest BCUT2D eigenvalue weighted by Gasteiger charge is -2.09. The van der Waals surface area contributed by atoms with Crippen molar-refractivity contribution in [1.82, 2.24) is 25.2 Å². The van der Waals surface area contributed by atoms with Gasteiger partial charge in [-0.1, -0.05) is 17.8 Å². The van der Waals surface area contributed by atoms with E-state index in [2.05, 4.69) is 25.2 Å². The predicted octanol–water partition coefficient (Wildman–Crippen LogP) is 4.88. The highest BCUT2D eigenvalue weighted by atomic mass is 32.2. The van der Waals surface area contributed by atoms with Gasteiger partial charge in [-0.2, -0.15) is 4.68 Å². The van der Waals surface area contributed by atoms with Gasteiger partial charge in [0.15, 0.2) is 0 Å². The van der Waals surface area contributed by atoms with Crippen LogP contribution in [0.2, 0.25) is 0 Å². The second kappa shape index (κ2) is 7.87. The maximum Gasteiger partial charge on any atom is 0.573 e. The first kappa shape index (κ1) is 19.5. The van der Waals surface area contributed by atoms with E-state index >= 15 is 0 Å². The summed E-state index contributed by atoms with van der Waals surface area (Å²) in [5.74, 6) is 1.42. The summed E-state index contributed by atoms with van der Waals surface area (Å²) in [6, 6.07) is 9.14. The Hall–Kier alpha value is -2.86. The normalized spacial score (nSPS) is 11.7. The first-order valence-electron chi connectivity index (χ1n) is 8.16. The third-order valence-corrected chi connectivity index (χ3v) is 5.51. The smallest absolute Gasteiger partial charge is 0.440 e. The Balaban J connectivity index is 1.48. The van der Waals surface area contributed by atoms with Crippen LogP contribution in [-0.4, -0.2) is 31.6 Å². The molecule has 0 aliphatic rings. The van der Waals surface area contributed by atoms with Gasteiger partial charge in [0.25, 0.3) is 0 Å². The number of oxazole rings is 1. The molecule has 4 aromatic rings. The Morgan fingerprint density at radius 1 is 1.21 bits per heavy atom. The maximum absolute atomic E-state index is 12.3. The summed E-state index contributed by atoms with van der Waals surface area (Å²) in [6.45, 7) is 1.84. The lowest BCUT2D eigenvalue weighted by Crippen LogP contribution is -2.17. The molecule has 3 heterocycles. The topological polar surface area (TPSA) is 78.9 Å². The van der Waals surface area contributed by atoms with E-state index in [0.717, 1.165) is 10.6 Å². The Morgan fingerprint density at radius 2 is 2.00 bits per heavy atom. The zero-order chi connectivity index (χ0) is 20.4. The summed E-state index contributed by atoms with van der Waals surface area (Å²) in [5.41, 5.74) is 1.27. The van der Waals surface area contributed by atoms with Crippen molar-refractivity contribution >= 4 is 23.1 Å². The van der Waals surface area contributed by atoms with Crippen molar-refractivity contribution < 1.29 is 22.3 Å². The molecule has 3 aromatic heterocycles. The van der Waals surface area contributed by atoms with Crippen LogP contribution < -0.4 is 4.74 Å². The molecule has 0 unspecified atom stereocenters. The van der Waals surface area contributed by atoms with Crippen LogP contribution in [-0.2, 0) is 5.75 Å². The molecule has 150 valence electrons. The molecule has 0 bridgehead atoms. The summed E-state index contributed by atoms with van der Waals surface area (Å²) >= 11 is 2.88. The number of thiophene rings is 1. The molecule has 0 aliphatic carbocycles. The van der Waals surface area contributed by atoms with E-state index < -0.39 is 6.36 Å². The first-order valence-corrected chi connectivity index (χ1v) is 10.0. The molecule has 12 heteroatoms. The Kier molecular flexibility index (Phi) is 5.28. The zero-order valence-corrected chi connectivity index (χ0v) is 16.4. The van der Waals surface area contributed by atoms with Gasteiger partial charge in [0.2, 0.25) is 11.0 Å². The van der Waals surface area contributed by atoms with Crippen molar-refractivity contribution in [1.29, 1.82) is 0 Å². The lowest BCUT2D eigenvalue weighted by molar-refractivity contribution is -0.274. The van der Waals surface area contributed by atoms with Crippen LogP contribution in [0.4, 0.5) is 13.2 Å². The molecule has 7 nitrogen and oxygen atoms in total. The van der Waals surface area contributed by atoms with Crippen LogP contribution in [0, 0.1) is 6.92 Å². The SMILES string of the molecule is Cc1oc(-c2cccs2)nc1CSc1nnnn1-c1ccc(OC(F)(F)F)cc1. The highest BCUT2D eigenvalue weighted by Gasteiger charge is 2.31. The second-order valence-corrected chi connectivity index (χ2v) is 7.59. The van der Waals surface area contributed by atoms with E-state index in [0.29, 0.717) is 28.2 Å². The van der Waals surface area contributed by atoms with E-state index in [-0.39, 0.29) is 5.75 Å². The zero-order valence-electron chi connectivity index (χ0n) is 14.8. The number of aryl methyl sites for hydroxylation is 1. The monoisotopic (exact) mass is 439 g/mol. The third kappa shape index (κ3) is 4.59. The summed E-state index contributed by atoms with van der Waals surface area (Å²) in [7, 11) is 0. The van der Waals surface area contributed by atoms with Crippen molar-refractivity contribution in [3.8, 4) is 22.2 Å². The number of benzene rings is 1. The molecule has 0 saturated carbocycles. The van der Waals surface area contributed by atoms with Crippen LogP contribution in [0.1, 0.15) is 11.5 Å². The molecule has 0 amide bonds. The third-order valence-electron chi connectivity index (χ3n) is 3.72. The van der Waals surface area contributed by atoms with Crippen molar-refractivity contribution in [2.75, 3.05) is 0 Å². The number of halogens is 3. The fourth-order valence-electron chi connectivity index (χ4n) is 2.42. The molecule has 0 radical (unpaired) electrons. The van der Waals surface area contributed by atoms with Gasteiger partial charge in [-0.05, 0) is 53.1 Å². The van der Waals surface area contributed by atoms with Crippen LogP contribution in [0.25, 0.3) is 16.5 Å². The van der Waals surface area contributed by atoms with Crippen LogP contribution in [0.5, 0.6) is 5.75 Å². The molecule has 0 N–H and O–H groups in total. The van der Waals surface area contributed by atoms with Gasteiger partial charge in [-0.25, -0.2) is 4.98 Å². The second-order valence-electron chi connectivity index (χ2n) is 5.70. The van der Waals surface area contributed by atoms with Gasteiger partial charge in [0.1, 0.15) is 11.5 Å². The number of hydrogen-bond acceptors (Lipinski definition) is 8. The van der Waals surface area contributed by atoms with Crippen molar-refractivity contribution in [2.24, 2.45) is 0 Å². The Bertz CT molecular complexity index is 1090. The number of aromatic nitrogens is 5. The van der Waals surface area contributed by atoms with E-state index in [4.69, 9.17) is 4.42 Å². The van der Waals surface area contributed by atoms with Crippen molar-refractivity contribution in [3.63, 3.8) is 0 Å². The Morgan fingerprint density at radius 3 is 2.69 bits per heavy atom. The van der Waals surface area contributed by atoms with Gasteiger partial charge >= 0.3 is 6.36 Å². The van der Waals surface area contributed by atoms with Gasteiger partial charge < -0.3 is 9.15 Å². The quantitative estimate of drug-likeness (QED) is 0.396. The van der Waals surface area contributed by atoms with E-state index in [1.807, 2.05) is 24.4 Å². The molecular weight excluding hydrogens is 427 g/mol. The largest absolute Gasteiger partial charge is 0.573 e. The number of hydrogen-bond donors (Lipinski definition) is 0. The summed E-state index contributed by atoms with van der Waals surface area (Å²) < 4.78 is 47.9. The predicted molar refractivity (Wildman–Crippen MR) is 100.0 cm³/mol. The number of rotatable bonds is 6. The first-order chi connectivity index (χ1) is 13.9. The van der Waals surface area contributed by atoms with Gasteiger partial charge in [-0.3, -0.25) is 0 Å². The van der Waals surface area contributed by atoms with E-state index in [1.165, 1.54) is 52.0 Å². The lowest BCUT2D eigenvalue weighted by atomic mass is 10.3. The average molecular weight is 439 g/mol. The fourth-order valence-corrected chi connectivity index (χ4v) is 3.96. The summed E-state index contributed by atoms with van der Waals surface area (Å²) in [6.07, 6.45) is -4.74. The Labute approximate surface area is 170 Å². The summed E-state index contributed by atoms with van der Waals surface area (Å²) in [4.78, 5) is 5.46. The minimum absolute atomic E-state index is 0.317. The van der Waals surface area contributed by atoms with Gasteiger partial charge in [0.05, 0.1) is 16.3 Å². The van der Waals surface area contributed by atoms with E-state index in [9.17, 15) is 13.2 Å². The number of alkyl halides is 3. The van der Waals surface area contributed by atoms with Gasteiger partial charge in [0, 0.05) is 5.75 Å². The van der Waals surface area contributed by atoms with Crippen molar-refractivity contribution in [2.45, 2.75) is 24.2 Å². The number of ether oxygens (including phenoxy) is 1. The minimum Gasteiger partial charge on any atom is -0.440 e. The number of thioether (sulfide) groups is 1. The van der Waals surface area contributed by atoms with Crippen LogP contribution >= 0.6 is 23.1 Å². The molecule has 0 saturated heterocycles. The molecule has 4 rings (SSSR count). The number of nitrogens with zero attached hydrogens (tertiary/aromatic N) is 5.